The Morgan fingerprint density at radius 2 is 1.83 bits per heavy atom. The molecule has 0 spiro atoms. The molecule has 2 N–H and O–H groups in total. The van der Waals surface area contributed by atoms with E-state index < -0.39 is 0 Å². The minimum Gasteiger partial charge on any atom is -0.313 e. The van der Waals surface area contributed by atoms with Gasteiger partial charge in [-0.1, -0.05) is 36.5 Å². The third kappa shape index (κ3) is 3.63. The van der Waals surface area contributed by atoms with Crippen molar-refractivity contribution in [3.8, 4) is 11.8 Å². The van der Waals surface area contributed by atoms with Crippen LogP contribution in [0.4, 0.5) is 5.00 Å². The standard InChI is InChI=1S/C15H16N2S/c1-3-16-17-15-11-10-14(18-15)9-8-13-6-4-12(2)5-7-13/h4-7,10-11,16-17H,3H2,1-2H3. The molecule has 0 aliphatic rings. The summed E-state index contributed by atoms with van der Waals surface area (Å²) in [6.07, 6.45) is 0. The van der Waals surface area contributed by atoms with Crippen LogP contribution in [0.1, 0.15) is 22.9 Å². The maximum Gasteiger partial charge on any atom is 0.104 e. The minimum atomic E-state index is 0.891. The number of thiophene rings is 1. The summed E-state index contributed by atoms with van der Waals surface area (Å²) >= 11 is 1.65. The maximum atomic E-state index is 3.18. The molecule has 92 valence electrons. The van der Waals surface area contributed by atoms with Gasteiger partial charge in [-0.15, -0.1) is 11.3 Å². The lowest BCUT2D eigenvalue weighted by atomic mass is 10.1. The predicted molar refractivity (Wildman–Crippen MR) is 78.8 cm³/mol. The second-order valence-electron chi connectivity index (χ2n) is 3.94. The van der Waals surface area contributed by atoms with Gasteiger partial charge in [0.1, 0.15) is 5.00 Å². The van der Waals surface area contributed by atoms with Crippen LogP contribution in [-0.4, -0.2) is 6.54 Å². The van der Waals surface area contributed by atoms with Gasteiger partial charge >= 0.3 is 0 Å². The van der Waals surface area contributed by atoms with Crippen molar-refractivity contribution in [1.29, 1.82) is 0 Å². The van der Waals surface area contributed by atoms with E-state index in [1.807, 2.05) is 24.3 Å². The molecule has 3 heteroatoms. The molecule has 0 saturated carbocycles. The van der Waals surface area contributed by atoms with Crippen LogP contribution < -0.4 is 10.9 Å². The number of rotatable bonds is 3. The summed E-state index contributed by atoms with van der Waals surface area (Å²) in [6.45, 7) is 5.02. The lowest BCUT2D eigenvalue weighted by molar-refractivity contribution is 0.848. The van der Waals surface area contributed by atoms with E-state index in [-0.39, 0.29) is 0 Å². The number of nitrogens with one attached hydrogen (secondary N) is 2. The molecule has 0 fully saturated rings. The van der Waals surface area contributed by atoms with Gasteiger partial charge in [0.05, 0.1) is 4.88 Å². The Balaban J connectivity index is 2.05. The summed E-state index contributed by atoms with van der Waals surface area (Å²) < 4.78 is 0. The number of hydrazine groups is 1. The molecule has 1 aromatic heterocycles. The molecule has 0 unspecified atom stereocenters. The van der Waals surface area contributed by atoms with Gasteiger partial charge in [-0.25, -0.2) is 5.43 Å². The summed E-state index contributed by atoms with van der Waals surface area (Å²) in [5, 5.41) is 1.09. The molecule has 1 heterocycles. The molecule has 2 rings (SSSR count). The van der Waals surface area contributed by atoms with E-state index in [9.17, 15) is 0 Å². The fourth-order valence-electron chi connectivity index (χ4n) is 1.42. The van der Waals surface area contributed by atoms with E-state index >= 15 is 0 Å². The fourth-order valence-corrected chi connectivity index (χ4v) is 2.15. The van der Waals surface area contributed by atoms with Crippen molar-refractivity contribution in [3.05, 3.63) is 52.4 Å². The first-order valence-electron chi connectivity index (χ1n) is 5.95. The third-order valence-electron chi connectivity index (χ3n) is 2.38. The van der Waals surface area contributed by atoms with Crippen LogP contribution in [0.2, 0.25) is 0 Å². The molecule has 0 saturated heterocycles. The van der Waals surface area contributed by atoms with Crippen LogP contribution in [0.15, 0.2) is 36.4 Å². The van der Waals surface area contributed by atoms with E-state index in [2.05, 4.69) is 48.7 Å². The summed E-state index contributed by atoms with van der Waals surface area (Å²) in [6, 6.07) is 12.3. The molecule has 0 atom stereocenters. The highest BCUT2D eigenvalue weighted by Gasteiger charge is 1.95. The number of anilines is 1. The number of aryl methyl sites for hydroxylation is 1. The molecule has 18 heavy (non-hydrogen) atoms. The molecule has 1 aromatic carbocycles. The van der Waals surface area contributed by atoms with E-state index in [1.165, 1.54) is 5.56 Å². The highest BCUT2D eigenvalue weighted by Crippen LogP contribution is 2.20. The molecule has 0 aliphatic carbocycles. The highest BCUT2D eigenvalue weighted by atomic mass is 32.1. The van der Waals surface area contributed by atoms with Crippen molar-refractivity contribution in [3.63, 3.8) is 0 Å². The van der Waals surface area contributed by atoms with Gasteiger partial charge < -0.3 is 5.43 Å². The summed E-state index contributed by atoms with van der Waals surface area (Å²) in [7, 11) is 0. The quantitative estimate of drug-likeness (QED) is 0.650. The van der Waals surface area contributed by atoms with Crippen LogP contribution in [0.5, 0.6) is 0 Å². The Hall–Kier alpha value is -1.76. The largest absolute Gasteiger partial charge is 0.313 e. The Morgan fingerprint density at radius 3 is 2.56 bits per heavy atom. The molecule has 0 radical (unpaired) electrons. The Morgan fingerprint density at radius 1 is 1.06 bits per heavy atom. The molecule has 0 amide bonds. The topological polar surface area (TPSA) is 24.1 Å². The van der Waals surface area contributed by atoms with Gasteiger partial charge in [0.2, 0.25) is 0 Å². The van der Waals surface area contributed by atoms with Crippen molar-refractivity contribution >= 4 is 16.3 Å². The molecular formula is C15H16N2S. The van der Waals surface area contributed by atoms with Crippen LogP contribution in [0.25, 0.3) is 0 Å². The molecule has 2 nitrogen and oxygen atoms in total. The lowest BCUT2D eigenvalue weighted by Crippen LogP contribution is -2.19. The maximum absolute atomic E-state index is 3.18. The van der Waals surface area contributed by atoms with Gasteiger partial charge in [0.25, 0.3) is 0 Å². The van der Waals surface area contributed by atoms with Gasteiger partial charge in [-0.2, -0.15) is 0 Å². The van der Waals surface area contributed by atoms with Gasteiger partial charge in [-0.3, -0.25) is 0 Å². The lowest BCUT2D eigenvalue weighted by Gasteiger charge is -2.00. The van der Waals surface area contributed by atoms with Crippen molar-refractivity contribution in [2.75, 3.05) is 12.0 Å². The fraction of sp³-hybridized carbons (Fsp3) is 0.200. The molecule has 0 bridgehead atoms. The zero-order valence-corrected chi connectivity index (χ0v) is 11.4. The van der Waals surface area contributed by atoms with Gasteiger partial charge in [0, 0.05) is 12.1 Å². The van der Waals surface area contributed by atoms with Crippen LogP contribution in [0.3, 0.4) is 0 Å². The normalized spacial score (nSPS) is 9.67. The second kappa shape index (κ2) is 6.25. The van der Waals surface area contributed by atoms with E-state index in [0.29, 0.717) is 0 Å². The molecule has 0 aliphatic heterocycles. The Bertz CT molecular complexity index is 558. The predicted octanol–water partition coefficient (Wildman–Crippen LogP) is 3.39. The van der Waals surface area contributed by atoms with Gasteiger partial charge in [0.15, 0.2) is 0 Å². The van der Waals surface area contributed by atoms with Crippen molar-refractivity contribution in [2.45, 2.75) is 13.8 Å². The first-order chi connectivity index (χ1) is 8.78. The number of hydrogen-bond donors (Lipinski definition) is 2. The smallest absolute Gasteiger partial charge is 0.104 e. The van der Waals surface area contributed by atoms with Crippen molar-refractivity contribution in [1.82, 2.24) is 5.43 Å². The average molecular weight is 256 g/mol. The molecular weight excluding hydrogens is 240 g/mol. The van der Waals surface area contributed by atoms with Crippen molar-refractivity contribution < 1.29 is 0 Å². The summed E-state index contributed by atoms with van der Waals surface area (Å²) in [5.74, 6) is 6.35. The number of benzene rings is 1. The van der Waals surface area contributed by atoms with E-state index in [1.54, 1.807) is 11.3 Å². The van der Waals surface area contributed by atoms with Crippen LogP contribution >= 0.6 is 11.3 Å². The van der Waals surface area contributed by atoms with Crippen molar-refractivity contribution in [2.24, 2.45) is 0 Å². The second-order valence-corrected chi connectivity index (χ2v) is 5.02. The minimum absolute atomic E-state index is 0.891. The zero-order valence-electron chi connectivity index (χ0n) is 10.6. The SMILES string of the molecule is CCNNc1ccc(C#Cc2ccc(C)cc2)s1. The monoisotopic (exact) mass is 256 g/mol. The van der Waals surface area contributed by atoms with Crippen LogP contribution in [-0.2, 0) is 0 Å². The van der Waals surface area contributed by atoms with E-state index in [0.717, 1.165) is 22.0 Å². The Kier molecular flexibility index (Phi) is 4.40. The first-order valence-corrected chi connectivity index (χ1v) is 6.77. The number of hydrogen-bond acceptors (Lipinski definition) is 3. The van der Waals surface area contributed by atoms with Crippen LogP contribution in [0, 0.1) is 18.8 Å². The summed E-state index contributed by atoms with van der Waals surface area (Å²) in [4.78, 5) is 1.07. The highest BCUT2D eigenvalue weighted by molar-refractivity contribution is 7.16. The zero-order chi connectivity index (χ0) is 12.8. The Labute approximate surface area is 112 Å². The molecule has 2 aromatic rings. The summed E-state index contributed by atoms with van der Waals surface area (Å²) in [5.41, 5.74) is 8.50. The third-order valence-corrected chi connectivity index (χ3v) is 3.29. The van der Waals surface area contributed by atoms with Gasteiger partial charge in [-0.05, 0) is 31.2 Å². The average Bonchev–Trinajstić information content (AvgIpc) is 2.84. The van der Waals surface area contributed by atoms with E-state index in [4.69, 9.17) is 0 Å². The first kappa shape index (κ1) is 12.7.